The van der Waals surface area contributed by atoms with Crippen LogP contribution in [0.25, 0.3) is 0 Å². The number of alkyl halides is 6. The Kier molecular flexibility index (Phi) is 13.2. The van der Waals surface area contributed by atoms with Crippen molar-refractivity contribution in [1.82, 2.24) is 0 Å². The maximum atomic E-state index is 13.5. The Balaban J connectivity index is 1.82. The Morgan fingerprint density at radius 3 is 1.22 bits per heavy atom. The molecule has 2 aliphatic rings. The first kappa shape index (κ1) is 35.5. The Hall–Kier alpha value is -1.66. The van der Waals surface area contributed by atoms with E-state index in [-0.39, 0.29) is 71.0 Å². The first-order valence-corrected chi connectivity index (χ1v) is 16.5. The van der Waals surface area contributed by atoms with Crippen molar-refractivity contribution >= 4 is 31.7 Å². The van der Waals surface area contributed by atoms with Crippen LogP contribution in [0.1, 0.15) is 78.1 Å². The summed E-state index contributed by atoms with van der Waals surface area (Å²) in [6, 6.07) is 0. The standard InChI is InChI=1S/C23H36F6N2O8S2/c1-3-13-40(32,33)38-30-20(22(24,25)26)16-5-9-18(10-6-16)36-15-37-19-11-7-17(8-12-19)21(23(27,28)29)31-39-41(34,35)14-4-2/h16-19H,3-15H2,1-2H3/b30-20-,31-21-. The van der Waals surface area contributed by atoms with Crippen LogP contribution in [0.15, 0.2) is 10.3 Å². The third-order valence-electron chi connectivity index (χ3n) is 6.72. The maximum Gasteiger partial charge on any atom is 0.433 e. The monoisotopic (exact) mass is 646 g/mol. The summed E-state index contributed by atoms with van der Waals surface area (Å²) in [5.41, 5.74) is -2.59. The predicted molar refractivity (Wildman–Crippen MR) is 136 cm³/mol. The normalized spacial score (nSPS) is 25.7. The van der Waals surface area contributed by atoms with Crippen LogP contribution in [0.2, 0.25) is 0 Å². The number of rotatable bonds is 14. The summed E-state index contributed by atoms with van der Waals surface area (Å²) >= 11 is 0. The molecule has 0 N–H and O–H groups in total. The van der Waals surface area contributed by atoms with Gasteiger partial charge < -0.3 is 9.47 Å². The average molecular weight is 647 g/mol. The molecule has 41 heavy (non-hydrogen) atoms. The highest BCUT2D eigenvalue weighted by molar-refractivity contribution is 7.86. The van der Waals surface area contributed by atoms with Crippen molar-refractivity contribution in [3.05, 3.63) is 0 Å². The summed E-state index contributed by atoms with van der Waals surface area (Å²) in [5, 5.41) is 5.89. The quantitative estimate of drug-likeness (QED) is 0.106. The van der Waals surface area contributed by atoms with E-state index >= 15 is 0 Å². The zero-order valence-corrected chi connectivity index (χ0v) is 24.4. The van der Waals surface area contributed by atoms with E-state index in [4.69, 9.17) is 9.47 Å². The minimum absolute atomic E-state index is 0.0287. The molecule has 0 aromatic rings. The molecule has 0 spiro atoms. The summed E-state index contributed by atoms with van der Waals surface area (Å²) < 4.78 is 147. The molecule has 240 valence electrons. The molecule has 10 nitrogen and oxygen atoms in total. The molecule has 0 heterocycles. The van der Waals surface area contributed by atoms with Crippen molar-refractivity contribution in [1.29, 1.82) is 0 Å². The highest BCUT2D eigenvalue weighted by Crippen LogP contribution is 2.35. The van der Waals surface area contributed by atoms with Crippen molar-refractivity contribution in [2.24, 2.45) is 22.1 Å². The fourth-order valence-electron chi connectivity index (χ4n) is 4.72. The topological polar surface area (TPSA) is 130 Å². The Morgan fingerprint density at radius 1 is 0.634 bits per heavy atom. The van der Waals surface area contributed by atoms with Crippen LogP contribution in [0.4, 0.5) is 26.3 Å². The molecule has 2 rings (SSSR count). The molecule has 0 aromatic heterocycles. The molecule has 0 radical (unpaired) electrons. The summed E-state index contributed by atoms with van der Waals surface area (Å²) in [4.78, 5) is 0. The molecule has 0 aliphatic heterocycles. The first-order chi connectivity index (χ1) is 19.0. The van der Waals surface area contributed by atoms with Crippen molar-refractivity contribution in [2.75, 3.05) is 18.3 Å². The van der Waals surface area contributed by atoms with Crippen LogP contribution in [0, 0.1) is 11.8 Å². The van der Waals surface area contributed by atoms with Crippen molar-refractivity contribution in [3.8, 4) is 0 Å². The van der Waals surface area contributed by atoms with Crippen LogP contribution in [0.3, 0.4) is 0 Å². The van der Waals surface area contributed by atoms with E-state index in [1.54, 1.807) is 0 Å². The zero-order chi connectivity index (χ0) is 30.9. The van der Waals surface area contributed by atoms with Crippen LogP contribution in [-0.2, 0) is 38.3 Å². The molecule has 2 fully saturated rings. The molecule has 0 atom stereocenters. The summed E-state index contributed by atoms with van der Waals surface area (Å²) in [5.74, 6) is -3.04. The minimum atomic E-state index is -4.87. The summed E-state index contributed by atoms with van der Waals surface area (Å²) in [6.07, 6.45) is -9.24. The molecule has 18 heteroatoms. The van der Waals surface area contributed by atoms with E-state index in [0.29, 0.717) is 0 Å². The van der Waals surface area contributed by atoms with Gasteiger partial charge in [0.2, 0.25) is 0 Å². The zero-order valence-electron chi connectivity index (χ0n) is 22.7. The van der Waals surface area contributed by atoms with Gasteiger partial charge in [0.1, 0.15) is 6.79 Å². The number of hydrogen-bond acceptors (Lipinski definition) is 10. The Morgan fingerprint density at radius 2 is 0.951 bits per heavy atom. The van der Waals surface area contributed by atoms with Gasteiger partial charge in [-0.3, -0.25) is 8.57 Å². The SMILES string of the molecule is CCCS(=O)(=O)O/N=C(/C1CCC(OCOC2CCC(/C(=N/OS(=O)(=O)CCC)C(F)(F)F)CC2)CC1)C(F)(F)F. The smallest absolute Gasteiger partial charge is 0.352 e. The maximum absolute atomic E-state index is 13.5. The van der Waals surface area contributed by atoms with Gasteiger partial charge in [-0.15, -0.1) is 0 Å². The first-order valence-electron chi connectivity index (χ1n) is 13.3. The molecule has 2 saturated carbocycles. The van der Waals surface area contributed by atoms with E-state index in [9.17, 15) is 43.2 Å². The third-order valence-corrected chi connectivity index (χ3v) is 9.14. The molecule has 0 bridgehead atoms. The molecule has 0 aromatic carbocycles. The van der Waals surface area contributed by atoms with Gasteiger partial charge in [0.25, 0.3) is 0 Å². The van der Waals surface area contributed by atoms with Crippen molar-refractivity contribution in [3.63, 3.8) is 0 Å². The molecule has 2 aliphatic carbocycles. The van der Waals surface area contributed by atoms with E-state index in [0.717, 1.165) is 0 Å². The number of nitrogens with zero attached hydrogens (tertiary/aromatic N) is 2. The van der Waals surface area contributed by atoms with Crippen molar-refractivity contribution < 1.29 is 61.2 Å². The van der Waals surface area contributed by atoms with E-state index < -0.39 is 79.6 Å². The van der Waals surface area contributed by atoms with Gasteiger partial charge in [0.05, 0.1) is 23.7 Å². The lowest BCUT2D eigenvalue weighted by Gasteiger charge is -2.31. The predicted octanol–water partition coefficient (Wildman–Crippen LogP) is 5.44. The molecule has 0 saturated heterocycles. The fourth-order valence-corrected chi connectivity index (χ4v) is 6.26. The summed E-state index contributed by atoms with van der Waals surface area (Å²) in [7, 11) is -8.42. The lowest BCUT2D eigenvalue weighted by Crippen LogP contribution is -2.36. The molecule has 0 amide bonds. The van der Waals surface area contributed by atoms with Gasteiger partial charge in [0.15, 0.2) is 11.4 Å². The number of hydrogen-bond donors (Lipinski definition) is 0. The van der Waals surface area contributed by atoms with Gasteiger partial charge in [-0.2, -0.15) is 43.2 Å². The number of halogens is 6. The minimum Gasteiger partial charge on any atom is -0.352 e. The second kappa shape index (κ2) is 15.2. The van der Waals surface area contributed by atoms with E-state index in [1.807, 2.05) is 0 Å². The van der Waals surface area contributed by atoms with E-state index in [1.165, 1.54) is 13.8 Å². The van der Waals surface area contributed by atoms with Crippen LogP contribution < -0.4 is 0 Å². The van der Waals surface area contributed by atoms with Crippen LogP contribution in [-0.4, -0.2) is 71.1 Å². The lowest BCUT2D eigenvalue weighted by atomic mass is 9.84. The number of ether oxygens (including phenoxy) is 2. The highest BCUT2D eigenvalue weighted by Gasteiger charge is 2.44. The van der Waals surface area contributed by atoms with Crippen molar-refractivity contribution in [2.45, 2.75) is 103 Å². The highest BCUT2D eigenvalue weighted by atomic mass is 32.2. The van der Waals surface area contributed by atoms with E-state index in [2.05, 4.69) is 18.9 Å². The van der Waals surface area contributed by atoms with Gasteiger partial charge in [-0.25, -0.2) is 0 Å². The second-order valence-electron chi connectivity index (χ2n) is 10.0. The van der Waals surface area contributed by atoms with Crippen LogP contribution >= 0.6 is 0 Å². The molecule has 0 unspecified atom stereocenters. The molecular weight excluding hydrogens is 610 g/mol. The lowest BCUT2D eigenvalue weighted by molar-refractivity contribution is -0.134. The van der Waals surface area contributed by atoms with Gasteiger partial charge >= 0.3 is 32.6 Å². The summed E-state index contributed by atoms with van der Waals surface area (Å²) in [6.45, 7) is 2.86. The fraction of sp³-hybridized carbons (Fsp3) is 0.913. The average Bonchev–Trinajstić information content (AvgIpc) is 2.84. The second-order valence-corrected chi connectivity index (χ2v) is 13.4. The van der Waals surface area contributed by atoms with Crippen LogP contribution in [0.5, 0.6) is 0 Å². The largest absolute Gasteiger partial charge is 0.433 e. The van der Waals surface area contributed by atoms with Gasteiger partial charge in [-0.1, -0.05) is 24.2 Å². The molecular formula is C23H36F6N2O8S2. The number of oxime groups is 2. The van der Waals surface area contributed by atoms with Gasteiger partial charge in [0, 0.05) is 11.8 Å². The third kappa shape index (κ3) is 12.2. The Bertz CT molecular complexity index is 1010. The Labute approximate surface area is 236 Å². The van der Waals surface area contributed by atoms with Gasteiger partial charge in [-0.05, 0) is 64.2 Å².